The van der Waals surface area contributed by atoms with E-state index in [1.54, 1.807) is 0 Å². The molecule has 0 aromatic carbocycles. The second kappa shape index (κ2) is 9.38. The Bertz CT molecular complexity index is 1090. The van der Waals surface area contributed by atoms with Gasteiger partial charge in [-0.15, -0.1) is 0 Å². The van der Waals surface area contributed by atoms with E-state index in [9.17, 15) is 0 Å². The summed E-state index contributed by atoms with van der Waals surface area (Å²) in [5.74, 6) is 0.952. The van der Waals surface area contributed by atoms with Gasteiger partial charge in [0.2, 0.25) is 0 Å². The number of nitrogens with one attached hydrogen (secondary N) is 1. The molecule has 1 fully saturated rings. The lowest BCUT2D eigenvalue weighted by atomic mass is 9.96. The lowest BCUT2D eigenvalue weighted by molar-refractivity contribution is 0.292. The Labute approximate surface area is 196 Å². The van der Waals surface area contributed by atoms with E-state index in [1.807, 2.05) is 30.6 Å². The third-order valence-electron chi connectivity index (χ3n) is 6.12. The second-order valence-electron chi connectivity index (χ2n) is 8.83. The first-order valence-corrected chi connectivity index (χ1v) is 11.5. The number of rotatable bonds is 7. The number of hydrogen-bond acceptors (Lipinski definition) is 4. The maximum absolute atomic E-state index is 5.82. The van der Waals surface area contributed by atoms with Crippen molar-refractivity contribution < 1.29 is 0 Å². The van der Waals surface area contributed by atoms with Crippen molar-refractivity contribution in [2.75, 3.05) is 27.2 Å². The molecular formula is C25H32N6S. The Balaban J connectivity index is 1.77. The summed E-state index contributed by atoms with van der Waals surface area (Å²) in [5.41, 5.74) is 5.83. The van der Waals surface area contributed by atoms with E-state index in [-0.39, 0.29) is 12.1 Å². The van der Waals surface area contributed by atoms with Crippen molar-refractivity contribution >= 4 is 17.3 Å². The highest BCUT2D eigenvalue weighted by Crippen LogP contribution is 2.41. The normalized spacial score (nSPS) is 18.4. The lowest BCUT2D eigenvalue weighted by Gasteiger charge is -2.28. The number of nitrogens with zero attached hydrogens (tertiary/aromatic N) is 5. The van der Waals surface area contributed by atoms with Gasteiger partial charge in [-0.25, -0.2) is 4.98 Å². The largest absolute Gasteiger partial charge is 0.352 e. The fraction of sp³-hybridized carbons (Fsp3) is 0.400. The minimum atomic E-state index is 0.00229. The maximum atomic E-state index is 5.82. The van der Waals surface area contributed by atoms with Crippen LogP contribution in [0.3, 0.4) is 0 Å². The van der Waals surface area contributed by atoms with Gasteiger partial charge in [-0.3, -0.25) is 4.98 Å². The molecule has 7 heteroatoms. The van der Waals surface area contributed by atoms with Crippen LogP contribution in [0.5, 0.6) is 0 Å². The van der Waals surface area contributed by atoms with Crippen LogP contribution in [0.2, 0.25) is 0 Å². The first-order chi connectivity index (χ1) is 15.4. The summed E-state index contributed by atoms with van der Waals surface area (Å²) in [4.78, 5) is 13.9. The van der Waals surface area contributed by atoms with Gasteiger partial charge >= 0.3 is 0 Å². The average molecular weight is 449 g/mol. The summed E-state index contributed by atoms with van der Waals surface area (Å²) in [5, 5.41) is 4.36. The van der Waals surface area contributed by atoms with Crippen LogP contribution in [0.4, 0.5) is 0 Å². The summed E-state index contributed by atoms with van der Waals surface area (Å²) < 4.78 is 2.25. The van der Waals surface area contributed by atoms with Gasteiger partial charge in [-0.1, -0.05) is 6.07 Å². The van der Waals surface area contributed by atoms with E-state index >= 15 is 0 Å². The first-order valence-electron chi connectivity index (χ1n) is 11.1. The third-order valence-corrected chi connectivity index (χ3v) is 6.47. The van der Waals surface area contributed by atoms with Gasteiger partial charge in [0.1, 0.15) is 5.82 Å². The molecule has 1 aliphatic rings. The molecule has 0 amide bonds. The average Bonchev–Trinajstić information content (AvgIpc) is 3.24. The molecule has 0 saturated carbocycles. The van der Waals surface area contributed by atoms with Crippen LogP contribution < -0.4 is 5.32 Å². The summed E-state index contributed by atoms with van der Waals surface area (Å²) in [6.45, 7) is 8.34. The summed E-state index contributed by atoms with van der Waals surface area (Å²) >= 11 is 5.82. The van der Waals surface area contributed by atoms with Crippen LogP contribution in [-0.4, -0.2) is 56.6 Å². The highest BCUT2D eigenvalue weighted by Gasteiger charge is 2.41. The standard InChI is InChI=1S/C25H32N6S/c1-17-10-12-27-22(15-17)31-18(2)16-20(19(31)3)24-23(21-9-6-7-11-26-21)28-25(32)30(24)14-8-13-29(4)5/h6-7,9-12,15-16,23-24H,8,13-14H2,1-5H3,(H,28,32). The van der Waals surface area contributed by atoms with Crippen molar-refractivity contribution in [1.82, 2.24) is 29.7 Å². The Morgan fingerprint density at radius 1 is 1.06 bits per heavy atom. The summed E-state index contributed by atoms with van der Waals surface area (Å²) in [7, 11) is 4.22. The quantitative estimate of drug-likeness (QED) is 0.549. The van der Waals surface area contributed by atoms with Crippen molar-refractivity contribution in [3.05, 3.63) is 77.0 Å². The van der Waals surface area contributed by atoms with Crippen LogP contribution in [0.25, 0.3) is 5.82 Å². The van der Waals surface area contributed by atoms with E-state index in [4.69, 9.17) is 12.2 Å². The van der Waals surface area contributed by atoms with Crippen molar-refractivity contribution in [2.24, 2.45) is 0 Å². The van der Waals surface area contributed by atoms with Crippen molar-refractivity contribution in [1.29, 1.82) is 0 Å². The van der Waals surface area contributed by atoms with Crippen LogP contribution in [0, 0.1) is 20.8 Å². The van der Waals surface area contributed by atoms with Crippen molar-refractivity contribution in [2.45, 2.75) is 39.3 Å². The Morgan fingerprint density at radius 2 is 1.88 bits per heavy atom. The van der Waals surface area contributed by atoms with Crippen LogP contribution in [0.1, 0.15) is 46.7 Å². The minimum Gasteiger partial charge on any atom is -0.352 e. The van der Waals surface area contributed by atoms with Gasteiger partial charge in [0.25, 0.3) is 0 Å². The van der Waals surface area contributed by atoms with Crippen LogP contribution in [-0.2, 0) is 0 Å². The molecule has 0 spiro atoms. The molecule has 1 saturated heterocycles. The zero-order chi connectivity index (χ0) is 22.8. The van der Waals surface area contributed by atoms with Gasteiger partial charge in [0.15, 0.2) is 5.11 Å². The van der Waals surface area contributed by atoms with Gasteiger partial charge in [0, 0.05) is 30.3 Å². The lowest BCUT2D eigenvalue weighted by Crippen LogP contribution is -2.32. The van der Waals surface area contributed by atoms with Gasteiger partial charge in [-0.2, -0.15) is 0 Å². The fourth-order valence-corrected chi connectivity index (χ4v) is 4.96. The molecule has 0 bridgehead atoms. The summed E-state index contributed by atoms with van der Waals surface area (Å²) in [6.07, 6.45) is 4.77. The first kappa shape index (κ1) is 22.4. The molecule has 2 unspecified atom stereocenters. The highest BCUT2D eigenvalue weighted by molar-refractivity contribution is 7.80. The molecule has 4 heterocycles. The number of pyridine rings is 2. The Kier molecular flexibility index (Phi) is 6.58. The van der Waals surface area contributed by atoms with E-state index in [0.717, 1.165) is 36.1 Å². The predicted octanol–water partition coefficient (Wildman–Crippen LogP) is 4.12. The molecule has 4 rings (SSSR count). The van der Waals surface area contributed by atoms with Crippen LogP contribution >= 0.6 is 12.2 Å². The number of thiocarbonyl (C=S) groups is 1. The monoisotopic (exact) mass is 448 g/mol. The SMILES string of the molecule is Cc1ccnc(-n2c(C)cc(C3C(c4ccccn4)NC(=S)N3CCCN(C)C)c2C)c1. The second-order valence-corrected chi connectivity index (χ2v) is 9.22. The van der Waals surface area contributed by atoms with E-state index in [2.05, 4.69) is 82.7 Å². The molecule has 2 atom stereocenters. The molecule has 3 aromatic heterocycles. The topological polar surface area (TPSA) is 49.2 Å². The van der Waals surface area contributed by atoms with Crippen molar-refractivity contribution in [3.63, 3.8) is 0 Å². The molecule has 1 N–H and O–H groups in total. The molecule has 6 nitrogen and oxygen atoms in total. The Hall–Kier alpha value is -2.77. The summed E-state index contributed by atoms with van der Waals surface area (Å²) in [6, 6.07) is 12.6. The fourth-order valence-electron chi connectivity index (χ4n) is 4.62. The molecule has 0 aliphatic carbocycles. The van der Waals surface area contributed by atoms with Crippen LogP contribution in [0.15, 0.2) is 48.8 Å². The van der Waals surface area contributed by atoms with Gasteiger partial charge in [-0.05, 0) is 102 Å². The van der Waals surface area contributed by atoms with E-state index < -0.39 is 0 Å². The van der Waals surface area contributed by atoms with Crippen molar-refractivity contribution in [3.8, 4) is 5.82 Å². The third kappa shape index (κ3) is 4.40. The number of hydrogen-bond donors (Lipinski definition) is 1. The highest BCUT2D eigenvalue weighted by atomic mass is 32.1. The Morgan fingerprint density at radius 3 is 2.56 bits per heavy atom. The molecule has 32 heavy (non-hydrogen) atoms. The molecule has 168 valence electrons. The maximum Gasteiger partial charge on any atom is 0.170 e. The number of aromatic nitrogens is 3. The zero-order valence-electron chi connectivity index (χ0n) is 19.5. The molecule has 0 radical (unpaired) electrons. The minimum absolute atomic E-state index is 0.00229. The predicted molar refractivity (Wildman–Crippen MR) is 133 cm³/mol. The van der Waals surface area contributed by atoms with Gasteiger partial charge in [0.05, 0.1) is 17.8 Å². The van der Waals surface area contributed by atoms with E-state index in [1.165, 1.54) is 22.5 Å². The smallest absolute Gasteiger partial charge is 0.170 e. The van der Waals surface area contributed by atoms with E-state index in [0.29, 0.717) is 0 Å². The van der Waals surface area contributed by atoms with Gasteiger partial charge < -0.3 is 19.7 Å². The zero-order valence-corrected chi connectivity index (χ0v) is 20.4. The molecular weight excluding hydrogens is 416 g/mol. The molecule has 1 aliphatic heterocycles. The number of aryl methyl sites for hydroxylation is 2. The molecule has 3 aromatic rings.